The van der Waals surface area contributed by atoms with Crippen molar-refractivity contribution in [2.45, 2.75) is 52.4 Å². The summed E-state index contributed by atoms with van der Waals surface area (Å²) >= 11 is 2.03. The monoisotopic (exact) mass is 296 g/mol. The Labute approximate surface area is 131 Å². The Bertz CT molecular complexity index is 736. The largest absolute Gasteiger partial charge is 0.140 e. The molecule has 0 aliphatic carbocycles. The quantitative estimate of drug-likeness (QED) is 0.472. The molecule has 0 amide bonds. The van der Waals surface area contributed by atoms with Crippen LogP contribution in [0.4, 0.5) is 0 Å². The molecule has 0 bridgehead atoms. The first kappa shape index (κ1) is 14.6. The van der Waals surface area contributed by atoms with E-state index in [0.29, 0.717) is 0 Å². The molecule has 0 N–H and O–H groups in total. The number of fused-ring (bicyclic) bond motifs is 3. The van der Waals surface area contributed by atoms with E-state index in [9.17, 15) is 0 Å². The van der Waals surface area contributed by atoms with Gasteiger partial charge >= 0.3 is 0 Å². The number of benzene rings is 2. The molecule has 0 fully saturated rings. The lowest BCUT2D eigenvalue weighted by Crippen LogP contribution is -1.90. The number of rotatable bonds is 6. The van der Waals surface area contributed by atoms with Gasteiger partial charge in [0.15, 0.2) is 0 Å². The second-order valence-electron chi connectivity index (χ2n) is 5.87. The minimum atomic E-state index is 1.24. The summed E-state index contributed by atoms with van der Waals surface area (Å²) in [6.45, 7) is 4.58. The van der Waals surface area contributed by atoms with Crippen LogP contribution in [0.5, 0.6) is 0 Å². The Morgan fingerprint density at radius 3 is 2.43 bits per heavy atom. The lowest BCUT2D eigenvalue weighted by Gasteiger charge is -2.06. The van der Waals surface area contributed by atoms with Crippen molar-refractivity contribution in [3.05, 3.63) is 46.8 Å². The SMILES string of the molecule is CCCCc1sc2ccc3ccccc3c2c1CCCC. The third-order valence-corrected chi connectivity index (χ3v) is 5.56. The standard InChI is InChI=1S/C20H24S/c1-3-5-10-17-18(12-6-4-2)21-19-14-13-15-9-7-8-11-16(15)20(17)19/h7-9,11,13-14H,3-6,10,12H2,1-2H3. The van der Waals surface area contributed by atoms with Crippen LogP contribution in [0.15, 0.2) is 36.4 Å². The van der Waals surface area contributed by atoms with Gasteiger partial charge in [-0.15, -0.1) is 11.3 Å². The van der Waals surface area contributed by atoms with E-state index in [0.717, 1.165) is 0 Å². The third-order valence-electron chi connectivity index (χ3n) is 4.30. The zero-order valence-electron chi connectivity index (χ0n) is 13.1. The van der Waals surface area contributed by atoms with Crippen LogP contribution in [0.2, 0.25) is 0 Å². The van der Waals surface area contributed by atoms with E-state index in [2.05, 4.69) is 50.2 Å². The van der Waals surface area contributed by atoms with Gasteiger partial charge in [0.1, 0.15) is 0 Å². The molecule has 0 nitrogen and oxygen atoms in total. The zero-order chi connectivity index (χ0) is 14.7. The van der Waals surface area contributed by atoms with Crippen molar-refractivity contribution in [3.8, 4) is 0 Å². The molecule has 3 rings (SSSR count). The van der Waals surface area contributed by atoms with Crippen molar-refractivity contribution >= 4 is 32.2 Å². The molecule has 1 heterocycles. The molecule has 0 saturated heterocycles. The van der Waals surface area contributed by atoms with Gasteiger partial charge in [-0.05, 0) is 48.1 Å². The van der Waals surface area contributed by atoms with Gasteiger partial charge in [0.25, 0.3) is 0 Å². The van der Waals surface area contributed by atoms with Crippen LogP contribution in [0.1, 0.15) is 50.0 Å². The maximum Gasteiger partial charge on any atom is 0.0354 e. The molecule has 0 saturated carbocycles. The fraction of sp³-hybridized carbons (Fsp3) is 0.400. The van der Waals surface area contributed by atoms with E-state index < -0.39 is 0 Å². The summed E-state index contributed by atoms with van der Waals surface area (Å²) in [6, 6.07) is 13.5. The van der Waals surface area contributed by atoms with Crippen LogP contribution in [-0.4, -0.2) is 0 Å². The Morgan fingerprint density at radius 1 is 0.857 bits per heavy atom. The highest BCUT2D eigenvalue weighted by Crippen LogP contribution is 2.38. The Balaban J connectivity index is 2.20. The first-order chi connectivity index (χ1) is 10.3. The molecule has 3 aromatic rings. The number of unbranched alkanes of at least 4 members (excludes halogenated alkanes) is 2. The fourth-order valence-electron chi connectivity index (χ4n) is 3.14. The average Bonchev–Trinajstić information content (AvgIpc) is 2.88. The Kier molecular flexibility index (Phi) is 4.60. The molecule has 21 heavy (non-hydrogen) atoms. The zero-order valence-corrected chi connectivity index (χ0v) is 13.9. The molecule has 0 unspecified atom stereocenters. The van der Waals surface area contributed by atoms with E-state index in [4.69, 9.17) is 0 Å². The van der Waals surface area contributed by atoms with E-state index in [1.54, 1.807) is 10.4 Å². The fourth-order valence-corrected chi connectivity index (χ4v) is 4.45. The number of hydrogen-bond donors (Lipinski definition) is 0. The van der Waals surface area contributed by atoms with Gasteiger partial charge in [-0.2, -0.15) is 0 Å². The van der Waals surface area contributed by atoms with Gasteiger partial charge in [0.2, 0.25) is 0 Å². The van der Waals surface area contributed by atoms with Crippen molar-refractivity contribution in [1.29, 1.82) is 0 Å². The first-order valence-corrected chi connectivity index (χ1v) is 9.08. The lowest BCUT2D eigenvalue weighted by atomic mass is 9.98. The molecule has 0 aliphatic rings. The minimum Gasteiger partial charge on any atom is -0.140 e. The van der Waals surface area contributed by atoms with Crippen molar-refractivity contribution < 1.29 is 0 Å². The summed E-state index contributed by atoms with van der Waals surface area (Å²) in [5.74, 6) is 0. The molecular weight excluding hydrogens is 272 g/mol. The highest BCUT2D eigenvalue weighted by molar-refractivity contribution is 7.19. The Hall–Kier alpha value is -1.34. The van der Waals surface area contributed by atoms with Crippen LogP contribution < -0.4 is 0 Å². The number of thiophene rings is 1. The number of aryl methyl sites for hydroxylation is 2. The summed E-state index contributed by atoms with van der Waals surface area (Å²) in [4.78, 5) is 1.64. The molecule has 2 aromatic carbocycles. The van der Waals surface area contributed by atoms with Crippen LogP contribution in [-0.2, 0) is 12.8 Å². The average molecular weight is 296 g/mol. The highest BCUT2D eigenvalue weighted by Gasteiger charge is 2.13. The predicted molar refractivity (Wildman–Crippen MR) is 96.6 cm³/mol. The smallest absolute Gasteiger partial charge is 0.0354 e. The molecule has 0 radical (unpaired) electrons. The summed E-state index contributed by atoms with van der Waals surface area (Å²) in [7, 11) is 0. The maximum absolute atomic E-state index is 2.33. The van der Waals surface area contributed by atoms with Crippen LogP contribution in [0, 0.1) is 0 Å². The van der Waals surface area contributed by atoms with Gasteiger partial charge in [-0.1, -0.05) is 57.0 Å². The van der Waals surface area contributed by atoms with E-state index in [-0.39, 0.29) is 0 Å². The van der Waals surface area contributed by atoms with E-state index >= 15 is 0 Å². The predicted octanol–water partition coefficient (Wildman–Crippen LogP) is 6.74. The van der Waals surface area contributed by atoms with Crippen LogP contribution in [0.3, 0.4) is 0 Å². The third kappa shape index (κ3) is 2.85. The van der Waals surface area contributed by atoms with Gasteiger partial charge in [-0.25, -0.2) is 0 Å². The van der Waals surface area contributed by atoms with E-state index in [1.165, 1.54) is 59.4 Å². The van der Waals surface area contributed by atoms with Gasteiger partial charge in [0, 0.05) is 15.0 Å². The molecule has 0 atom stereocenters. The van der Waals surface area contributed by atoms with Crippen LogP contribution >= 0.6 is 11.3 Å². The normalized spacial score (nSPS) is 11.5. The number of hydrogen-bond acceptors (Lipinski definition) is 1. The van der Waals surface area contributed by atoms with Gasteiger partial charge < -0.3 is 0 Å². The van der Waals surface area contributed by atoms with Gasteiger partial charge in [0.05, 0.1) is 0 Å². The molecule has 1 heteroatoms. The van der Waals surface area contributed by atoms with Crippen molar-refractivity contribution in [1.82, 2.24) is 0 Å². The highest BCUT2D eigenvalue weighted by atomic mass is 32.1. The lowest BCUT2D eigenvalue weighted by molar-refractivity contribution is 0.771. The molecule has 0 aliphatic heterocycles. The van der Waals surface area contributed by atoms with E-state index in [1.807, 2.05) is 11.3 Å². The minimum absolute atomic E-state index is 1.24. The molecule has 1 aromatic heterocycles. The topological polar surface area (TPSA) is 0 Å². The van der Waals surface area contributed by atoms with Gasteiger partial charge in [-0.3, -0.25) is 0 Å². The van der Waals surface area contributed by atoms with Crippen molar-refractivity contribution in [3.63, 3.8) is 0 Å². The summed E-state index contributed by atoms with van der Waals surface area (Å²) in [6.07, 6.45) is 7.66. The van der Waals surface area contributed by atoms with Crippen molar-refractivity contribution in [2.75, 3.05) is 0 Å². The van der Waals surface area contributed by atoms with Crippen LogP contribution in [0.25, 0.3) is 20.9 Å². The molecular formula is C20H24S. The molecule has 110 valence electrons. The first-order valence-electron chi connectivity index (χ1n) is 8.27. The molecule has 0 spiro atoms. The van der Waals surface area contributed by atoms with Crippen molar-refractivity contribution in [2.24, 2.45) is 0 Å². The maximum atomic E-state index is 2.33. The summed E-state index contributed by atoms with van der Waals surface area (Å²) in [5.41, 5.74) is 1.64. The Morgan fingerprint density at radius 2 is 1.62 bits per heavy atom. The summed E-state index contributed by atoms with van der Waals surface area (Å²) in [5, 5.41) is 4.36. The second-order valence-corrected chi connectivity index (χ2v) is 7.01. The second kappa shape index (κ2) is 6.62. The summed E-state index contributed by atoms with van der Waals surface area (Å²) < 4.78 is 1.48.